The quantitative estimate of drug-likeness (QED) is 0.614. The Balaban J connectivity index is 2.45. The standard InChI is InChI=1S/C7H12N2O2S/c1-6(3-8)7-4-9(5-7)12(2,10)11/h6-7H,4-5H2,1-2H3. The first-order chi connectivity index (χ1) is 5.45. The summed E-state index contributed by atoms with van der Waals surface area (Å²) in [5, 5.41) is 8.54. The van der Waals surface area contributed by atoms with Crippen LogP contribution in [0.25, 0.3) is 0 Å². The van der Waals surface area contributed by atoms with Crippen LogP contribution in [-0.4, -0.2) is 32.1 Å². The topological polar surface area (TPSA) is 61.2 Å². The number of hydrogen-bond acceptors (Lipinski definition) is 3. The molecule has 0 amide bonds. The zero-order chi connectivity index (χ0) is 9.35. The van der Waals surface area contributed by atoms with E-state index in [1.165, 1.54) is 10.6 Å². The number of nitrogens with zero attached hydrogens (tertiary/aromatic N) is 2. The summed E-state index contributed by atoms with van der Waals surface area (Å²) in [5.41, 5.74) is 0. The van der Waals surface area contributed by atoms with Gasteiger partial charge in [0.2, 0.25) is 10.0 Å². The minimum atomic E-state index is -3.02. The maximum atomic E-state index is 10.9. The van der Waals surface area contributed by atoms with Crippen LogP contribution in [-0.2, 0) is 10.0 Å². The molecule has 0 spiro atoms. The lowest BCUT2D eigenvalue weighted by atomic mass is 9.90. The fourth-order valence-electron chi connectivity index (χ4n) is 1.16. The highest BCUT2D eigenvalue weighted by atomic mass is 32.2. The van der Waals surface area contributed by atoms with Crippen molar-refractivity contribution in [3.05, 3.63) is 0 Å². The van der Waals surface area contributed by atoms with Gasteiger partial charge in [0.15, 0.2) is 0 Å². The maximum Gasteiger partial charge on any atom is 0.211 e. The van der Waals surface area contributed by atoms with Crippen LogP contribution in [0.5, 0.6) is 0 Å². The summed E-state index contributed by atoms with van der Waals surface area (Å²) in [6.45, 7) is 2.84. The zero-order valence-electron chi connectivity index (χ0n) is 7.19. The normalized spacial score (nSPS) is 22.8. The summed E-state index contributed by atoms with van der Waals surface area (Å²) in [7, 11) is -3.02. The van der Waals surface area contributed by atoms with Crippen LogP contribution in [0.4, 0.5) is 0 Å². The van der Waals surface area contributed by atoms with Crippen molar-refractivity contribution in [1.82, 2.24) is 4.31 Å². The molecule has 1 heterocycles. The second-order valence-electron chi connectivity index (χ2n) is 3.26. The van der Waals surface area contributed by atoms with Crippen molar-refractivity contribution in [2.45, 2.75) is 6.92 Å². The Kier molecular flexibility index (Phi) is 2.40. The van der Waals surface area contributed by atoms with E-state index >= 15 is 0 Å². The van der Waals surface area contributed by atoms with Crippen LogP contribution in [0.3, 0.4) is 0 Å². The fraction of sp³-hybridized carbons (Fsp3) is 0.857. The Morgan fingerprint density at radius 1 is 1.58 bits per heavy atom. The van der Waals surface area contributed by atoms with Gasteiger partial charge in [0, 0.05) is 24.9 Å². The molecular formula is C7H12N2O2S. The van der Waals surface area contributed by atoms with Gasteiger partial charge in [0.05, 0.1) is 12.3 Å². The van der Waals surface area contributed by atoms with Gasteiger partial charge in [0.1, 0.15) is 0 Å². The molecule has 5 heteroatoms. The van der Waals surface area contributed by atoms with Crippen LogP contribution in [0.15, 0.2) is 0 Å². The van der Waals surface area contributed by atoms with Gasteiger partial charge in [-0.1, -0.05) is 0 Å². The lowest BCUT2D eigenvalue weighted by Crippen LogP contribution is -2.51. The van der Waals surface area contributed by atoms with E-state index in [0.717, 1.165) is 0 Å². The summed E-state index contributed by atoms with van der Waals surface area (Å²) in [5.74, 6) is 0.188. The third kappa shape index (κ3) is 1.76. The molecule has 68 valence electrons. The Bertz CT molecular complexity index is 298. The molecule has 1 rings (SSSR count). The molecule has 0 N–H and O–H groups in total. The lowest BCUT2D eigenvalue weighted by Gasteiger charge is -2.38. The molecule has 12 heavy (non-hydrogen) atoms. The molecule has 1 unspecified atom stereocenters. The zero-order valence-corrected chi connectivity index (χ0v) is 8.00. The van der Waals surface area contributed by atoms with Crippen molar-refractivity contribution < 1.29 is 8.42 Å². The highest BCUT2D eigenvalue weighted by Crippen LogP contribution is 2.24. The monoisotopic (exact) mass is 188 g/mol. The number of hydrogen-bond donors (Lipinski definition) is 0. The first-order valence-electron chi connectivity index (χ1n) is 3.80. The second-order valence-corrected chi connectivity index (χ2v) is 5.24. The summed E-state index contributed by atoms with van der Waals surface area (Å²) >= 11 is 0. The molecule has 0 aromatic rings. The number of nitriles is 1. The van der Waals surface area contributed by atoms with Gasteiger partial charge < -0.3 is 0 Å². The summed E-state index contributed by atoms with van der Waals surface area (Å²) in [6, 6.07) is 2.12. The Morgan fingerprint density at radius 3 is 2.42 bits per heavy atom. The van der Waals surface area contributed by atoms with E-state index in [1.54, 1.807) is 0 Å². The maximum absolute atomic E-state index is 10.9. The molecule has 0 saturated carbocycles. The molecular weight excluding hydrogens is 176 g/mol. The van der Waals surface area contributed by atoms with Gasteiger partial charge in [-0.15, -0.1) is 0 Å². The van der Waals surface area contributed by atoms with Crippen molar-refractivity contribution in [2.75, 3.05) is 19.3 Å². The molecule has 0 radical (unpaired) electrons. The average molecular weight is 188 g/mol. The highest BCUT2D eigenvalue weighted by Gasteiger charge is 2.36. The van der Waals surface area contributed by atoms with E-state index in [1.807, 2.05) is 6.92 Å². The highest BCUT2D eigenvalue weighted by molar-refractivity contribution is 7.88. The van der Waals surface area contributed by atoms with Crippen molar-refractivity contribution >= 4 is 10.0 Å². The smallest absolute Gasteiger partial charge is 0.211 e. The van der Waals surface area contributed by atoms with Crippen molar-refractivity contribution in [3.63, 3.8) is 0 Å². The van der Waals surface area contributed by atoms with E-state index in [-0.39, 0.29) is 11.8 Å². The second kappa shape index (κ2) is 3.04. The van der Waals surface area contributed by atoms with E-state index in [9.17, 15) is 8.42 Å². The van der Waals surface area contributed by atoms with Crippen LogP contribution in [0, 0.1) is 23.2 Å². The van der Waals surface area contributed by atoms with Crippen molar-refractivity contribution in [3.8, 4) is 6.07 Å². The molecule has 4 nitrogen and oxygen atoms in total. The first kappa shape index (κ1) is 9.49. The van der Waals surface area contributed by atoms with Crippen molar-refractivity contribution in [2.24, 2.45) is 11.8 Å². The molecule has 0 bridgehead atoms. The molecule has 1 aliphatic rings. The lowest BCUT2D eigenvalue weighted by molar-refractivity contribution is 0.168. The van der Waals surface area contributed by atoms with Gasteiger partial charge in [-0.25, -0.2) is 12.7 Å². The Morgan fingerprint density at radius 2 is 2.08 bits per heavy atom. The molecule has 0 aromatic carbocycles. The SMILES string of the molecule is CC(C#N)C1CN(S(C)(=O)=O)C1. The van der Waals surface area contributed by atoms with E-state index in [0.29, 0.717) is 13.1 Å². The third-order valence-electron chi connectivity index (χ3n) is 2.26. The molecule has 1 aliphatic heterocycles. The average Bonchev–Trinajstić information content (AvgIpc) is 1.80. The van der Waals surface area contributed by atoms with Gasteiger partial charge in [0.25, 0.3) is 0 Å². The molecule has 1 fully saturated rings. The fourth-order valence-corrected chi connectivity index (χ4v) is 2.09. The Labute approximate surface area is 72.8 Å². The first-order valence-corrected chi connectivity index (χ1v) is 5.64. The minimum Gasteiger partial charge on any atom is -0.213 e. The third-order valence-corrected chi connectivity index (χ3v) is 3.49. The summed E-state index contributed by atoms with van der Waals surface area (Å²) in [4.78, 5) is 0. The van der Waals surface area contributed by atoms with Crippen LogP contribution >= 0.6 is 0 Å². The van der Waals surface area contributed by atoms with Crippen LogP contribution in [0.2, 0.25) is 0 Å². The van der Waals surface area contributed by atoms with E-state index in [4.69, 9.17) is 5.26 Å². The predicted octanol–water partition coefficient (Wildman–Crippen LogP) is 0.0375. The Hall–Kier alpha value is -0.600. The van der Waals surface area contributed by atoms with Crippen LogP contribution in [0.1, 0.15) is 6.92 Å². The number of sulfonamides is 1. The summed E-state index contributed by atoms with van der Waals surface area (Å²) in [6.07, 6.45) is 1.19. The largest absolute Gasteiger partial charge is 0.213 e. The van der Waals surface area contributed by atoms with Gasteiger partial charge in [-0.2, -0.15) is 5.26 Å². The summed E-state index contributed by atoms with van der Waals surface area (Å²) < 4.78 is 23.2. The minimum absolute atomic E-state index is 0.0389. The molecule has 1 atom stereocenters. The number of rotatable bonds is 2. The van der Waals surface area contributed by atoms with Gasteiger partial charge >= 0.3 is 0 Å². The molecule has 1 saturated heterocycles. The molecule has 0 aromatic heterocycles. The van der Waals surface area contributed by atoms with E-state index in [2.05, 4.69) is 6.07 Å². The van der Waals surface area contributed by atoms with Gasteiger partial charge in [-0.3, -0.25) is 0 Å². The van der Waals surface area contributed by atoms with Gasteiger partial charge in [-0.05, 0) is 6.92 Å². The van der Waals surface area contributed by atoms with Crippen molar-refractivity contribution in [1.29, 1.82) is 5.26 Å². The van der Waals surface area contributed by atoms with Crippen LogP contribution < -0.4 is 0 Å². The van der Waals surface area contributed by atoms with E-state index < -0.39 is 10.0 Å². The predicted molar refractivity (Wildman–Crippen MR) is 44.7 cm³/mol. The molecule has 0 aliphatic carbocycles.